The van der Waals surface area contributed by atoms with E-state index in [0.717, 1.165) is 6.42 Å². The summed E-state index contributed by atoms with van der Waals surface area (Å²) in [4.78, 5) is 0. The number of allylic oxidation sites excluding steroid dienone is 4. The summed E-state index contributed by atoms with van der Waals surface area (Å²) in [7, 11) is 0. The monoisotopic (exact) mass is 136 g/mol. The van der Waals surface area contributed by atoms with Crippen molar-refractivity contribution >= 4 is 0 Å². The lowest BCUT2D eigenvalue weighted by atomic mass is 10.0. The lowest BCUT2D eigenvalue weighted by Crippen LogP contribution is -1.89. The fourth-order valence-electron chi connectivity index (χ4n) is 0.779. The minimum atomic E-state index is 0.635. The van der Waals surface area contributed by atoms with Crippen LogP contribution in [0.1, 0.15) is 19.8 Å². The molecule has 56 valence electrons. The van der Waals surface area contributed by atoms with Crippen LogP contribution in [0, 0.1) is 5.92 Å². The zero-order valence-electron chi connectivity index (χ0n) is 6.72. The minimum absolute atomic E-state index is 0.635. The summed E-state index contributed by atoms with van der Waals surface area (Å²) in [6.45, 7) is 9.52. The Morgan fingerprint density at radius 1 is 1.40 bits per heavy atom. The van der Waals surface area contributed by atoms with E-state index in [1.54, 1.807) is 6.08 Å². The molecule has 0 aliphatic carbocycles. The number of rotatable bonds is 5. The van der Waals surface area contributed by atoms with Crippen LogP contribution < -0.4 is 0 Å². The van der Waals surface area contributed by atoms with E-state index in [0.29, 0.717) is 5.92 Å². The van der Waals surface area contributed by atoms with E-state index < -0.39 is 0 Å². The van der Waals surface area contributed by atoms with E-state index in [-0.39, 0.29) is 0 Å². The summed E-state index contributed by atoms with van der Waals surface area (Å²) in [6, 6.07) is 0. The van der Waals surface area contributed by atoms with Gasteiger partial charge in [-0.25, -0.2) is 0 Å². The molecular weight excluding hydrogens is 120 g/mol. The first-order valence-corrected chi connectivity index (χ1v) is 3.75. The molecule has 0 heterocycles. The Labute approximate surface area is 64.0 Å². The summed E-state index contributed by atoms with van der Waals surface area (Å²) in [5.41, 5.74) is 0. The van der Waals surface area contributed by atoms with Gasteiger partial charge in [-0.15, -0.1) is 6.58 Å². The maximum Gasteiger partial charge on any atom is -0.0204 e. The Hall–Kier alpha value is -0.780. The van der Waals surface area contributed by atoms with Crippen molar-refractivity contribution in [3.8, 4) is 0 Å². The Morgan fingerprint density at radius 2 is 2.10 bits per heavy atom. The summed E-state index contributed by atoms with van der Waals surface area (Å²) in [6.07, 6.45) is 10.2. The molecule has 1 atom stereocenters. The van der Waals surface area contributed by atoms with E-state index in [9.17, 15) is 0 Å². The second-order valence-corrected chi connectivity index (χ2v) is 2.30. The van der Waals surface area contributed by atoms with E-state index in [4.69, 9.17) is 0 Å². The summed E-state index contributed by atoms with van der Waals surface area (Å²) >= 11 is 0. The van der Waals surface area contributed by atoms with Crippen LogP contribution in [-0.2, 0) is 0 Å². The summed E-state index contributed by atoms with van der Waals surface area (Å²) in [5.74, 6) is 0.635. The Balaban J connectivity index is 3.52. The van der Waals surface area contributed by atoms with Crippen LogP contribution in [0.15, 0.2) is 37.5 Å². The first kappa shape index (κ1) is 9.22. The van der Waals surface area contributed by atoms with E-state index in [2.05, 4.69) is 26.2 Å². The molecule has 0 fully saturated rings. The van der Waals surface area contributed by atoms with Crippen molar-refractivity contribution in [2.24, 2.45) is 5.92 Å². The zero-order chi connectivity index (χ0) is 7.82. The van der Waals surface area contributed by atoms with Crippen LogP contribution in [0.3, 0.4) is 0 Å². The Kier molecular flexibility index (Phi) is 5.85. The van der Waals surface area contributed by atoms with Gasteiger partial charge in [0.05, 0.1) is 0 Å². The van der Waals surface area contributed by atoms with Crippen molar-refractivity contribution in [1.29, 1.82) is 0 Å². The first-order valence-electron chi connectivity index (χ1n) is 3.75. The predicted molar refractivity (Wildman–Crippen MR) is 47.9 cm³/mol. The zero-order valence-corrected chi connectivity index (χ0v) is 6.72. The van der Waals surface area contributed by atoms with Gasteiger partial charge in [-0.05, 0) is 18.8 Å². The third-order valence-corrected chi connectivity index (χ3v) is 1.57. The molecule has 0 aromatic heterocycles. The molecule has 0 amide bonds. The average Bonchev–Trinajstić information content (AvgIpc) is 1.99. The number of hydrogen-bond donors (Lipinski definition) is 0. The van der Waals surface area contributed by atoms with Crippen LogP contribution in [0.5, 0.6) is 0 Å². The van der Waals surface area contributed by atoms with Crippen molar-refractivity contribution in [1.82, 2.24) is 0 Å². The first-order chi connectivity index (χ1) is 4.85. The molecule has 0 nitrogen and oxygen atoms in total. The lowest BCUT2D eigenvalue weighted by Gasteiger charge is -2.03. The normalized spacial score (nSPS) is 13.3. The van der Waals surface area contributed by atoms with Gasteiger partial charge >= 0.3 is 0 Å². The molecule has 0 rings (SSSR count). The predicted octanol–water partition coefficient (Wildman–Crippen LogP) is 3.33. The molecule has 0 radical (unpaired) electrons. The second-order valence-electron chi connectivity index (χ2n) is 2.30. The second kappa shape index (κ2) is 6.34. The van der Waals surface area contributed by atoms with E-state index in [1.807, 2.05) is 12.2 Å². The maximum absolute atomic E-state index is 3.75. The highest BCUT2D eigenvalue weighted by Gasteiger charge is 1.94. The van der Waals surface area contributed by atoms with Gasteiger partial charge < -0.3 is 0 Å². The van der Waals surface area contributed by atoms with E-state index >= 15 is 0 Å². The smallest absolute Gasteiger partial charge is 0.0204 e. The van der Waals surface area contributed by atoms with E-state index in [1.165, 1.54) is 6.42 Å². The van der Waals surface area contributed by atoms with Gasteiger partial charge in [0.15, 0.2) is 0 Å². The van der Waals surface area contributed by atoms with Gasteiger partial charge in [0.1, 0.15) is 0 Å². The van der Waals surface area contributed by atoms with Gasteiger partial charge in [-0.3, -0.25) is 0 Å². The highest BCUT2D eigenvalue weighted by molar-refractivity contribution is 4.99. The summed E-state index contributed by atoms with van der Waals surface area (Å²) < 4.78 is 0. The minimum Gasteiger partial charge on any atom is -0.103 e. The van der Waals surface area contributed by atoms with Gasteiger partial charge in [0.25, 0.3) is 0 Å². The molecule has 10 heavy (non-hydrogen) atoms. The van der Waals surface area contributed by atoms with Crippen molar-refractivity contribution in [2.75, 3.05) is 0 Å². The molecule has 0 aliphatic rings. The molecule has 0 aromatic rings. The Morgan fingerprint density at radius 3 is 2.50 bits per heavy atom. The number of hydrogen-bond acceptors (Lipinski definition) is 0. The SMILES string of the molecule is C=C/C=C/CC(C=C)CC. The van der Waals surface area contributed by atoms with Crippen LogP contribution >= 0.6 is 0 Å². The molecule has 0 N–H and O–H groups in total. The van der Waals surface area contributed by atoms with Gasteiger partial charge in [-0.1, -0.05) is 37.8 Å². The van der Waals surface area contributed by atoms with Crippen molar-refractivity contribution in [3.05, 3.63) is 37.5 Å². The molecule has 0 bridgehead atoms. The molecule has 0 saturated heterocycles. The molecule has 0 heteroatoms. The van der Waals surface area contributed by atoms with Crippen LogP contribution in [0.4, 0.5) is 0 Å². The third kappa shape index (κ3) is 4.13. The highest BCUT2D eigenvalue weighted by atomic mass is 14.0. The van der Waals surface area contributed by atoms with Gasteiger partial charge in [0, 0.05) is 0 Å². The molecular formula is C10H16. The molecule has 0 aromatic carbocycles. The summed E-state index contributed by atoms with van der Waals surface area (Å²) in [5, 5.41) is 0. The van der Waals surface area contributed by atoms with Crippen molar-refractivity contribution < 1.29 is 0 Å². The quantitative estimate of drug-likeness (QED) is 0.401. The topological polar surface area (TPSA) is 0 Å². The molecule has 0 saturated carbocycles. The fraction of sp³-hybridized carbons (Fsp3) is 0.400. The highest BCUT2D eigenvalue weighted by Crippen LogP contribution is 2.08. The average molecular weight is 136 g/mol. The molecule has 1 unspecified atom stereocenters. The van der Waals surface area contributed by atoms with Crippen molar-refractivity contribution in [3.63, 3.8) is 0 Å². The van der Waals surface area contributed by atoms with Crippen molar-refractivity contribution in [2.45, 2.75) is 19.8 Å². The van der Waals surface area contributed by atoms with Gasteiger partial charge in [-0.2, -0.15) is 0 Å². The molecule has 0 aliphatic heterocycles. The van der Waals surface area contributed by atoms with Gasteiger partial charge in [0.2, 0.25) is 0 Å². The molecule has 0 spiro atoms. The largest absolute Gasteiger partial charge is 0.103 e. The maximum atomic E-state index is 3.75. The fourth-order valence-corrected chi connectivity index (χ4v) is 0.779. The van der Waals surface area contributed by atoms with Crippen LogP contribution in [0.25, 0.3) is 0 Å². The third-order valence-electron chi connectivity index (χ3n) is 1.57. The lowest BCUT2D eigenvalue weighted by molar-refractivity contribution is 0.640. The van der Waals surface area contributed by atoms with Crippen LogP contribution in [-0.4, -0.2) is 0 Å². The standard InChI is InChI=1S/C10H16/c1-4-7-8-9-10(5-2)6-3/h4-5,7-8,10H,1-2,6,9H2,3H3/b8-7+. The van der Waals surface area contributed by atoms with Crippen LogP contribution in [0.2, 0.25) is 0 Å². The Bertz CT molecular complexity index is 120.